The minimum Gasteiger partial charge on any atom is -0.478 e. The van der Waals surface area contributed by atoms with E-state index in [1.54, 1.807) is 23.5 Å². The second kappa shape index (κ2) is 5.91. The number of carboxylic acid groups (broad SMARTS) is 1. The summed E-state index contributed by atoms with van der Waals surface area (Å²) >= 11 is 1.62. The first-order valence-electron chi connectivity index (χ1n) is 5.03. The zero-order chi connectivity index (χ0) is 12.1. The van der Waals surface area contributed by atoms with Crippen LogP contribution in [0.15, 0.2) is 6.20 Å². The van der Waals surface area contributed by atoms with Crippen molar-refractivity contribution >= 4 is 17.7 Å². The van der Waals surface area contributed by atoms with E-state index in [1.807, 2.05) is 6.92 Å². The summed E-state index contributed by atoms with van der Waals surface area (Å²) in [5, 5.41) is 22.0. The molecule has 0 saturated carbocycles. The Hall–Kier alpha value is -1.01. The molecule has 0 aliphatic heterocycles. The standard InChI is InChI=1S/C10H16N2O3S/c1-7(3-4-13)16-6-9-8(10(14)15)5-11-12(9)2/h5,7,13H,3-4,6H2,1-2H3,(H,14,15). The van der Waals surface area contributed by atoms with E-state index in [-0.39, 0.29) is 12.2 Å². The molecule has 16 heavy (non-hydrogen) atoms. The molecule has 0 aliphatic rings. The van der Waals surface area contributed by atoms with Gasteiger partial charge in [-0.25, -0.2) is 4.79 Å². The molecule has 6 heteroatoms. The highest BCUT2D eigenvalue weighted by Gasteiger charge is 2.15. The monoisotopic (exact) mass is 244 g/mol. The maximum Gasteiger partial charge on any atom is 0.339 e. The lowest BCUT2D eigenvalue weighted by Gasteiger charge is -2.09. The molecular weight excluding hydrogens is 228 g/mol. The smallest absolute Gasteiger partial charge is 0.339 e. The lowest BCUT2D eigenvalue weighted by atomic mass is 10.3. The van der Waals surface area contributed by atoms with E-state index in [0.29, 0.717) is 23.1 Å². The number of carboxylic acids is 1. The summed E-state index contributed by atoms with van der Waals surface area (Å²) in [6.45, 7) is 2.17. The molecular formula is C10H16N2O3S. The van der Waals surface area contributed by atoms with Crippen LogP contribution in [-0.4, -0.2) is 37.8 Å². The van der Waals surface area contributed by atoms with Gasteiger partial charge in [0.25, 0.3) is 0 Å². The van der Waals surface area contributed by atoms with Gasteiger partial charge in [-0.05, 0) is 6.42 Å². The average Bonchev–Trinajstić information content (AvgIpc) is 2.57. The van der Waals surface area contributed by atoms with Crippen molar-refractivity contribution in [2.24, 2.45) is 7.05 Å². The summed E-state index contributed by atoms with van der Waals surface area (Å²) < 4.78 is 1.59. The molecule has 90 valence electrons. The van der Waals surface area contributed by atoms with Crippen LogP contribution >= 0.6 is 11.8 Å². The molecule has 0 aromatic carbocycles. The number of carbonyl (C=O) groups is 1. The van der Waals surface area contributed by atoms with Gasteiger partial charge >= 0.3 is 5.97 Å². The van der Waals surface area contributed by atoms with Gasteiger partial charge in [0.2, 0.25) is 0 Å². The number of hydrogen-bond donors (Lipinski definition) is 2. The van der Waals surface area contributed by atoms with E-state index in [4.69, 9.17) is 10.2 Å². The van der Waals surface area contributed by atoms with Crippen molar-refractivity contribution in [3.05, 3.63) is 17.5 Å². The van der Waals surface area contributed by atoms with Gasteiger partial charge in [-0.3, -0.25) is 4.68 Å². The summed E-state index contributed by atoms with van der Waals surface area (Å²) in [6.07, 6.45) is 2.08. The van der Waals surface area contributed by atoms with Gasteiger partial charge in [0.05, 0.1) is 11.9 Å². The van der Waals surface area contributed by atoms with Crippen LogP contribution in [0, 0.1) is 0 Å². The average molecular weight is 244 g/mol. The van der Waals surface area contributed by atoms with Gasteiger partial charge < -0.3 is 10.2 Å². The van der Waals surface area contributed by atoms with Crippen LogP contribution < -0.4 is 0 Å². The first kappa shape index (κ1) is 13.1. The third-order valence-electron chi connectivity index (χ3n) is 2.33. The molecule has 0 radical (unpaired) electrons. The Balaban J connectivity index is 2.65. The maximum absolute atomic E-state index is 10.9. The molecule has 1 heterocycles. The number of aliphatic hydroxyl groups is 1. The van der Waals surface area contributed by atoms with Gasteiger partial charge in [0.15, 0.2) is 0 Å². The number of aryl methyl sites for hydroxylation is 1. The molecule has 1 rings (SSSR count). The minimum absolute atomic E-state index is 0.158. The molecule has 0 aliphatic carbocycles. The fraction of sp³-hybridized carbons (Fsp3) is 0.600. The van der Waals surface area contributed by atoms with Crippen LogP contribution in [0.1, 0.15) is 29.4 Å². The quantitative estimate of drug-likeness (QED) is 0.784. The van der Waals surface area contributed by atoms with Gasteiger partial charge in [-0.1, -0.05) is 6.92 Å². The van der Waals surface area contributed by atoms with Crippen LogP contribution in [0.2, 0.25) is 0 Å². The van der Waals surface area contributed by atoms with Crippen LogP contribution in [0.25, 0.3) is 0 Å². The van der Waals surface area contributed by atoms with Crippen molar-refractivity contribution in [1.29, 1.82) is 0 Å². The van der Waals surface area contributed by atoms with Gasteiger partial charge in [-0.2, -0.15) is 16.9 Å². The van der Waals surface area contributed by atoms with Crippen molar-refractivity contribution in [2.45, 2.75) is 24.3 Å². The van der Waals surface area contributed by atoms with Crippen molar-refractivity contribution in [3.8, 4) is 0 Å². The molecule has 1 aromatic rings. The van der Waals surface area contributed by atoms with Crippen molar-refractivity contribution < 1.29 is 15.0 Å². The Labute approximate surface area is 98.5 Å². The van der Waals surface area contributed by atoms with Crippen molar-refractivity contribution in [1.82, 2.24) is 9.78 Å². The first-order valence-corrected chi connectivity index (χ1v) is 6.07. The maximum atomic E-state index is 10.9. The fourth-order valence-electron chi connectivity index (χ4n) is 1.30. The number of aromatic nitrogens is 2. The second-order valence-electron chi connectivity index (χ2n) is 3.57. The Morgan fingerprint density at radius 3 is 2.94 bits per heavy atom. The SMILES string of the molecule is CC(CCO)SCc1c(C(=O)O)cnn1C. The lowest BCUT2D eigenvalue weighted by Crippen LogP contribution is -2.06. The molecule has 1 atom stereocenters. The Morgan fingerprint density at radius 2 is 2.38 bits per heavy atom. The van der Waals surface area contributed by atoms with Crippen LogP contribution in [0.4, 0.5) is 0 Å². The normalized spacial score (nSPS) is 12.7. The molecule has 2 N–H and O–H groups in total. The lowest BCUT2D eigenvalue weighted by molar-refractivity contribution is 0.0696. The Bertz CT molecular complexity index is 365. The molecule has 0 saturated heterocycles. The number of aliphatic hydroxyl groups excluding tert-OH is 1. The van der Waals surface area contributed by atoms with E-state index < -0.39 is 5.97 Å². The molecule has 0 amide bonds. The molecule has 1 unspecified atom stereocenters. The summed E-state index contributed by atoms with van der Waals surface area (Å²) in [5.74, 6) is -0.349. The third-order valence-corrected chi connectivity index (χ3v) is 3.58. The highest BCUT2D eigenvalue weighted by molar-refractivity contribution is 7.99. The number of rotatable bonds is 6. The number of thioether (sulfide) groups is 1. The highest BCUT2D eigenvalue weighted by Crippen LogP contribution is 2.21. The van der Waals surface area contributed by atoms with Crippen LogP contribution in [0.3, 0.4) is 0 Å². The third kappa shape index (κ3) is 3.24. The first-order chi connectivity index (χ1) is 7.56. The highest BCUT2D eigenvalue weighted by atomic mass is 32.2. The molecule has 0 bridgehead atoms. The second-order valence-corrected chi connectivity index (χ2v) is 4.99. The molecule has 5 nitrogen and oxygen atoms in total. The summed E-state index contributed by atoms with van der Waals surface area (Å²) in [7, 11) is 1.74. The van der Waals surface area contributed by atoms with E-state index in [0.717, 1.165) is 0 Å². The van der Waals surface area contributed by atoms with Gasteiger partial charge in [0, 0.05) is 24.7 Å². The predicted molar refractivity (Wildman–Crippen MR) is 62.6 cm³/mol. The zero-order valence-corrected chi connectivity index (χ0v) is 10.2. The Kier molecular flexibility index (Phi) is 4.82. The van der Waals surface area contributed by atoms with Crippen LogP contribution in [-0.2, 0) is 12.8 Å². The summed E-state index contributed by atoms with van der Waals surface area (Å²) in [5.41, 5.74) is 0.966. The summed E-state index contributed by atoms with van der Waals surface area (Å²) in [4.78, 5) is 10.9. The number of aromatic carboxylic acids is 1. The zero-order valence-electron chi connectivity index (χ0n) is 9.38. The van der Waals surface area contributed by atoms with Crippen molar-refractivity contribution in [3.63, 3.8) is 0 Å². The van der Waals surface area contributed by atoms with E-state index in [9.17, 15) is 4.79 Å². The van der Waals surface area contributed by atoms with E-state index in [2.05, 4.69) is 5.10 Å². The predicted octanol–water partition coefficient (Wildman–Crippen LogP) is 1.12. The topological polar surface area (TPSA) is 75.3 Å². The molecule has 0 fully saturated rings. The fourth-order valence-corrected chi connectivity index (χ4v) is 2.36. The van der Waals surface area contributed by atoms with Crippen LogP contribution in [0.5, 0.6) is 0 Å². The minimum atomic E-state index is -0.946. The number of nitrogens with zero attached hydrogens (tertiary/aromatic N) is 2. The molecule has 0 spiro atoms. The van der Waals surface area contributed by atoms with E-state index in [1.165, 1.54) is 6.20 Å². The van der Waals surface area contributed by atoms with Crippen molar-refractivity contribution in [2.75, 3.05) is 6.61 Å². The largest absolute Gasteiger partial charge is 0.478 e. The van der Waals surface area contributed by atoms with Gasteiger partial charge in [0.1, 0.15) is 5.56 Å². The number of hydrogen-bond acceptors (Lipinski definition) is 4. The molecule has 1 aromatic heterocycles. The van der Waals surface area contributed by atoms with E-state index >= 15 is 0 Å². The Morgan fingerprint density at radius 1 is 1.69 bits per heavy atom. The van der Waals surface area contributed by atoms with Gasteiger partial charge in [-0.15, -0.1) is 0 Å². The summed E-state index contributed by atoms with van der Waals surface area (Å²) in [6, 6.07) is 0.